The monoisotopic (exact) mass is 318 g/mol. The molecule has 0 fully saturated rings. The third kappa shape index (κ3) is 5.29. The Bertz CT molecular complexity index is 638. The van der Waals surface area contributed by atoms with Gasteiger partial charge in [0.2, 0.25) is 0 Å². The topological polar surface area (TPSA) is 44.8 Å². The van der Waals surface area contributed by atoms with E-state index in [1.165, 1.54) is 6.07 Å². The predicted molar refractivity (Wildman–Crippen MR) is 84.4 cm³/mol. The van der Waals surface area contributed by atoms with Crippen LogP contribution in [-0.2, 0) is 4.74 Å². The standard InChI is InChI=1S/C18H19FO4/c1-13(2)23-18(20)14-7-9-15(10-8-14)21-11-12-22-17-6-4-3-5-16(17)19/h3-10,13H,11-12H2,1-2H3. The zero-order chi connectivity index (χ0) is 16.7. The molecule has 0 atom stereocenters. The molecular formula is C18H19FO4. The van der Waals surface area contributed by atoms with Crippen LogP contribution in [0.5, 0.6) is 11.5 Å². The molecule has 0 unspecified atom stereocenters. The quantitative estimate of drug-likeness (QED) is 0.574. The smallest absolute Gasteiger partial charge is 0.338 e. The van der Waals surface area contributed by atoms with Crippen molar-refractivity contribution in [2.24, 2.45) is 0 Å². The van der Waals surface area contributed by atoms with E-state index in [0.717, 1.165) is 0 Å². The van der Waals surface area contributed by atoms with Crippen molar-refractivity contribution in [2.75, 3.05) is 13.2 Å². The van der Waals surface area contributed by atoms with Crippen molar-refractivity contribution >= 4 is 5.97 Å². The van der Waals surface area contributed by atoms with E-state index >= 15 is 0 Å². The van der Waals surface area contributed by atoms with Crippen LogP contribution in [0.4, 0.5) is 4.39 Å². The third-order valence-electron chi connectivity index (χ3n) is 2.88. The lowest BCUT2D eigenvalue weighted by atomic mass is 10.2. The van der Waals surface area contributed by atoms with Gasteiger partial charge in [-0.15, -0.1) is 0 Å². The number of para-hydroxylation sites is 1. The zero-order valence-electron chi connectivity index (χ0n) is 13.1. The van der Waals surface area contributed by atoms with Crippen LogP contribution < -0.4 is 9.47 Å². The maximum absolute atomic E-state index is 13.3. The molecule has 4 nitrogen and oxygen atoms in total. The number of ether oxygens (including phenoxy) is 3. The van der Waals surface area contributed by atoms with E-state index in [-0.39, 0.29) is 31.0 Å². The van der Waals surface area contributed by atoms with Gasteiger partial charge < -0.3 is 14.2 Å². The maximum Gasteiger partial charge on any atom is 0.338 e. The second kappa shape index (κ2) is 8.17. The van der Waals surface area contributed by atoms with Gasteiger partial charge in [0.25, 0.3) is 0 Å². The number of rotatable bonds is 7. The molecule has 0 amide bonds. The summed E-state index contributed by atoms with van der Waals surface area (Å²) in [5.74, 6) is 0.0288. The van der Waals surface area contributed by atoms with Gasteiger partial charge in [0.15, 0.2) is 11.6 Å². The van der Waals surface area contributed by atoms with Crippen molar-refractivity contribution in [2.45, 2.75) is 20.0 Å². The van der Waals surface area contributed by atoms with Crippen LogP contribution in [0.2, 0.25) is 0 Å². The Kier molecular flexibility index (Phi) is 5.97. The Balaban J connectivity index is 1.78. The summed E-state index contributed by atoms with van der Waals surface area (Å²) in [6.07, 6.45) is -0.158. The van der Waals surface area contributed by atoms with Crippen LogP contribution in [0, 0.1) is 5.82 Å². The first-order valence-electron chi connectivity index (χ1n) is 7.37. The molecule has 0 heterocycles. The molecule has 0 spiro atoms. The number of hydrogen-bond donors (Lipinski definition) is 0. The van der Waals surface area contributed by atoms with Gasteiger partial charge in [0.1, 0.15) is 19.0 Å². The van der Waals surface area contributed by atoms with Gasteiger partial charge in [0.05, 0.1) is 11.7 Å². The Morgan fingerprint density at radius 2 is 1.65 bits per heavy atom. The molecule has 0 radical (unpaired) electrons. The molecule has 0 saturated heterocycles. The van der Waals surface area contributed by atoms with E-state index in [2.05, 4.69) is 0 Å². The first-order chi connectivity index (χ1) is 11.1. The average Bonchev–Trinajstić information content (AvgIpc) is 2.53. The lowest BCUT2D eigenvalue weighted by Gasteiger charge is -2.10. The van der Waals surface area contributed by atoms with E-state index < -0.39 is 5.82 Å². The number of carbonyl (C=O) groups is 1. The second-order valence-corrected chi connectivity index (χ2v) is 5.11. The van der Waals surface area contributed by atoms with Crippen LogP contribution in [-0.4, -0.2) is 25.3 Å². The lowest BCUT2D eigenvalue weighted by Crippen LogP contribution is -2.12. The van der Waals surface area contributed by atoms with Crippen molar-refractivity contribution in [3.8, 4) is 11.5 Å². The molecule has 23 heavy (non-hydrogen) atoms. The van der Waals surface area contributed by atoms with Crippen LogP contribution in [0.3, 0.4) is 0 Å². The highest BCUT2D eigenvalue weighted by atomic mass is 19.1. The van der Waals surface area contributed by atoms with Gasteiger partial charge in [0, 0.05) is 0 Å². The molecule has 0 N–H and O–H groups in total. The largest absolute Gasteiger partial charge is 0.490 e. The number of hydrogen-bond acceptors (Lipinski definition) is 4. The fourth-order valence-corrected chi connectivity index (χ4v) is 1.84. The highest BCUT2D eigenvalue weighted by Gasteiger charge is 2.09. The molecule has 0 aliphatic rings. The van der Waals surface area contributed by atoms with Gasteiger partial charge >= 0.3 is 5.97 Å². The number of esters is 1. The minimum absolute atomic E-state index is 0.158. The minimum Gasteiger partial charge on any atom is -0.490 e. The van der Waals surface area contributed by atoms with Gasteiger partial charge in [-0.05, 0) is 50.2 Å². The van der Waals surface area contributed by atoms with Gasteiger partial charge in [-0.1, -0.05) is 12.1 Å². The first-order valence-corrected chi connectivity index (χ1v) is 7.37. The number of carbonyl (C=O) groups excluding carboxylic acids is 1. The van der Waals surface area contributed by atoms with Crippen LogP contribution in [0.25, 0.3) is 0 Å². The van der Waals surface area contributed by atoms with E-state index in [1.54, 1.807) is 56.3 Å². The molecule has 0 aliphatic carbocycles. The lowest BCUT2D eigenvalue weighted by molar-refractivity contribution is 0.0378. The molecule has 0 aromatic heterocycles. The molecule has 0 aliphatic heterocycles. The summed E-state index contributed by atoms with van der Waals surface area (Å²) in [6.45, 7) is 4.08. The van der Waals surface area contributed by atoms with Gasteiger partial charge in [-0.25, -0.2) is 9.18 Å². The predicted octanol–water partition coefficient (Wildman–Crippen LogP) is 3.85. The van der Waals surface area contributed by atoms with Crippen molar-refractivity contribution in [1.82, 2.24) is 0 Å². The summed E-state index contributed by atoms with van der Waals surface area (Å²) in [7, 11) is 0. The Hall–Kier alpha value is -2.56. The van der Waals surface area contributed by atoms with Crippen LogP contribution in [0.15, 0.2) is 48.5 Å². The Labute approximate surface area is 134 Å². The van der Waals surface area contributed by atoms with E-state index in [9.17, 15) is 9.18 Å². The highest BCUT2D eigenvalue weighted by Crippen LogP contribution is 2.16. The first kappa shape index (κ1) is 16.8. The molecule has 0 saturated carbocycles. The van der Waals surface area contributed by atoms with E-state index in [1.807, 2.05) is 0 Å². The van der Waals surface area contributed by atoms with Crippen LogP contribution >= 0.6 is 0 Å². The Morgan fingerprint density at radius 3 is 2.30 bits per heavy atom. The van der Waals surface area contributed by atoms with Crippen molar-refractivity contribution in [3.63, 3.8) is 0 Å². The van der Waals surface area contributed by atoms with Gasteiger partial charge in [-0.2, -0.15) is 0 Å². The van der Waals surface area contributed by atoms with E-state index in [4.69, 9.17) is 14.2 Å². The summed E-state index contributed by atoms with van der Waals surface area (Å²) in [5, 5.41) is 0. The third-order valence-corrected chi connectivity index (χ3v) is 2.88. The fourth-order valence-electron chi connectivity index (χ4n) is 1.84. The zero-order valence-corrected chi connectivity index (χ0v) is 13.1. The molecule has 0 bridgehead atoms. The molecule has 2 aromatic carbocycles. The summed E-state index contributed by atoms with van der Waals surface area (Å²) >= 11 is 0. The Morgan fingerprint density at radius 1 is 1.00 bits per heavy atom. The van der Waals surface area contributed by atoms with Crippen molar-refractivity contribution in [1.29, 1.82) is 0 Å². The SMILES string of the molecule is CC(C)OC(=O)c1ccc(OCCOc2ccccc2F)cc1. The number of benzene rings is 2. The second-order valence-electron chi connectivity index (χ2n) is 5.11. The van der Waals surface area contributed by atoms with Crippen molar-refractivity contribution < 1.29 is 23.4 Å². The summed E-state index contributed by atoms with van der Waals surface area (Å²) in [5.41, 5.74) is 0.466. The normalized spacial score (nSPS) is 10.4. The molecule has 2 aromatic rings. The molecular weight excluding hydrogens is 299 g/mol. The molecule has 5 heteroatoms. The minimum atomic E-state index is -0.402. The number of halogens is 1. The van der Waals surface area contributed by atoms with Crippen LogP contribution in [0.1, 0.15) is 24.2 Å². The summed E-state index contributed by atoms with van der Waals surface area (Å²) < 4.78 is 29.2. The van der Waals surface area contributed by atoms with E-state index in [0.29, 0.717) is 11.3 Å². The van der Waals surface area contributed by atoms with Crippen molar-refractivity contribution in [3.05, 3.63) is 59.9 Å². The fraction of sp³-hybridized carbons (Fsp3) is 0.278. The molecule has 122 valence electrons. The average molecular weight is 318 g/mol. The molecule has 2 rings (SSSR count). The summed E-state index contributed by atoms with van der Waals surface area (Å²) in [6, 6.07) is 12.8. The van der Waals surface area contributed by atoms with Gasteiger partial charge in [-0.3, -0.25) is 0 Å². The maximum atomic E-state index is 13.3. The summed E-state index contributed by atoms with van der Waals surface area (Å²) in [4.78, 5) is 11.7. The highest BCUT2D eigenvalue weighted by molar-refractivity contribution is 5.89.